The van der Waals surface area contributed by atoms with Crippen LogP contribution in [0.1, 0.15) is 41.6 Å². The second-order valence-electron chi connectivity index (χ2n) is 11.9. The molecule has 276 valence electrons. The van der Waals surface area contributed by atoms with Crippen LogP contribution in [0.5, 0.6) is 17.4 Å². The van der Waals surface area contributed by atoms with Gasteiger partial charge in [0.05, 0.1) is 29.2 Å². The zero-order valence-corrected chi connectivity index (χ0v) is 27.8. The van der Waals surface area contributed by atoms with Crippen LogP contribution < -0.4 is 24.6 Å². The van der Waals surface area contributed by atoms with Crippen molar-refractivity contribution >= 4 is 40.7 Å². The highest BCUT2D eigenvalue weighted by Crippen LogP contribution is 2.42. The van der Waals surface area contributed by atoms with Gasteiger partial charge in [0, 0.05) is 29.5 Å². The van der Waals surface area contributed by atoms with Gasteiger partial charge in [0.1, 0.15) is 28.7 Å². The molecular formula is C38H26F6N4O6. The lowest BCUT2D eigenvalue weighted by atomic mass is 9.93. The molecule has 7 rings (SSSR count). The van der Waals surface area contributed by atoms with Gasteiger partial charge in [0.25, 0.3) is 23.6 Å². The average molecular weight is 749 g/mol. The second kappa shape index (κ2) is 15.2. The van der Waals surface area contributed by atoms with Crippen LogP contribution in [0, 0.1) is 29.8 Å². The van der Waals surface area contributed by atoms with E-state index in [0.29, 0.717) is 30.1 Å². The SMILES string of the molecule is C#CCN1C(=O)COc2cc(F)c(N3C(=O)C4=C(CCCC4)C3=O)cc21.O=C(Nc1ccc(F)cc1F)c1cccnc1Oc1cccc(C(F)(F)F)c1. The molecule has 0 atom stereocenters. The maximum Gasteiger partial charge on any atom is 0.416 e. The number of alkyl halides is 3. The van der Waals surface area contributed by atoms with E-state index in [4.69, 9.17) is 15.9 Å². The lowest BCUT2D eigenvalue weighted by Crippen LogP contribution is -2.39. The number of pyridine rings is 1. The zero-order chi connectivity index (χ0) is 38.7. The molecule has 1 N–H and O–H groups in total. The molecule has 4 amide bonds. The molecular weight excluding hydrogens is 722 g/mol. The number of halogens is 6. The normalized spacial score (nSPS) is 15.1. The van der Waals surface area contributed by atoms with Gasteiger partial charge in [0.2, 0.25) is 5.88 Å². The Bertz CT molecular complexity index is 2240. The standard InChI is InChI=1S/C19H11F5N2O2.C19H15FN2O4/c20-12-6-7-16(15(21)10-12)26-17(27)14-5-2-8-25-18(14)28-13-4-1-3-11(9-13)19(22,23)24;1-2-7-21-15-9-14(13(20)8-16(15)26-10-17(21)23)22-18(24)11-5-3-4-6-12(11)19(22)25/h1-10H,(H,26,27);1,8-9H,3-7,10H2. The van der Waals surface area contributed by atoms with E-state index in [-0.39, 0.29) is 59.1 Å². The number of ether oxygens (including phenoxy) is 2. The topological polar surface area (TPSA) is 118 Å². The molecule has 3 aromatic carbocycles. The Hall–Kier alpha value is -6.63. The predicted molar refractivity (Wildman–Crippen MR) is 181 cm³/mol. The third kappa shape index (κ3) is 7.61. The number of imide groups is 1. The van der Waals surface area contributed by atoms with E-state index in [9.17, 15) is 45.5 Å². The summed E-state index contributed by atoms with van der Waals surface area (Å²) in [5, 5.41) is 2.23. The quantitative estimate of drug-likeness (QED) is 0.125. The summed E-state index contributed by atoms with van der Waals surface area (Å²) in [7, 11) is 0. The lowest BCUT2D eigenvalue weighted by molar-refractivity contribution is -0.137. The highest BCUT2D eigenvalue weighted by atomic mass is 19.4. The molecule has 2 aliphatic heterocycles. The zero-order valence-electron chi connectivity index (χ0n) is 27.8. The molecule has 0 saturated carbocycles. The van der Waals surface area contributed by atoms with E-state index < -0.39 is 46.9 Å². The highest BCUT2D eigenvalue weighted by Gasteiger charge is 2.42. The third-order valence-corrected chi connectivity index (χ3v) is 8.42. The number of aromatic nitrogens is 1. The molecule has 3 heterocycles. The molecule has 10 nitrogen and oxygen atoms in total. The van der Waals surface area contributed by atoms with Gasteiger partial charge >= 0.3 is 6.18 Å². The Balaban J connectivity index is 0.000000185. The minimum atomic E-state index is -4.57. The maximum atomic E-state index is 14.7. The van der Waals surface area contributed by atoms with E-state index in [2.05, 4.69) is 16.2 Å². The summed E-state index contributed by atoms with van der Waals surface area (Å²) in [5.74, 6) is -2.69. The third-order valence-electron chi connectivity index (χ3n) is 8.42. The Kier molecular flexibility index (Phi) is 10.4. The molecule has 3 aliphatic rings. The fraction of sp³-hybridized carbons (Fsp3) is 0.184. The van der Waals surface area contributed by atoms with Crippen LogP contribution in [0.3, 0.4) is 0 Å². The van der Waals surface area contributed by atoms with Crippen LogP contribution in [0.15, 0.2) is 84.1 Å². The maximum absolute atomic E-state index is 14.7. The first-order valence-electron chi connectivity index (χ1n) is 16.1. The number of anilines is 3. The monoisotopic (exact) mass is 748 g/mol. The summed E-state index contributed by atoms with van der Waals surface area (Å²) in [6, 6.07) is 11.7. The number of nitrogens with zero attached hydrogens (tertiary/aromatic N) is 3. The first-order chi connectivity index (χ1) is 25.8. The molecule has 0 spiro atoms. The number of nitrogens with one attached hydrogen (secondary N) is 1. The largest absolute Gasteiger partial charge is 0.481 e. The van der Waals surface area contributed by atoms with Crippen molar-refractivity contribution in [3.05, 3.63) is 113 Å². The van der Waals surface area contributed by atoms with Gasteiger partial charge in [-0.15, -0.1) is 6.42 Å². The molecule has 1 aromatic heterocycles. The number of rotatable bonds is 6. The number of terminal acetylenes is 1. The molecule has 16 heteroatoms. The fourth-order valence-electron chi connectivity index (χ4n) is 5.88. The molecule has 54 heavy (non-hydrogen) atoms. The minimum absolute atomic E-state index is 0.0170. The Labute approximate surface area is 303 Å². The van der Waals surface area contributed by atoms with E-state index in [0.717, 1.165) is 54.1 Å². The van der Waals surface area contributed by atoms with E-state index in [1.54, 1.807) is 0 Å². The summed E-state index contributed by atoms with van der Waals surface area (Å²) in [6.45, 7) is -0.262. The van der Waals surface area contributed by atoms with Crippen LogP contribution in [0.2, 0.25) is 0 Å². The van der Waals surface area contributed by atoms with Crippen LogP contribution in [0.4, 0.5) is 43.4 Å². The van der Waals surface area contributed by atoms with Gasteiger partial charge in [-0.25, -0.2) is 23.1 Å². The number of carbonyl (C=O) groups excluding carboxylic acids is 4. The molecule has 4 aromatic rings. The lowest BCUT2D eigenvalue weighted by Gasteiger charge is -2.29. The van der Waals surface area contributed by atoms with Crippen LogP contribution in [-0.4, -0.2) is 41.8 Å². The van der Waals surface area contributed by atoms with Crippen molar-refractivity contribution in [2.24, 2.45) is 0 Å². The van der Waals surface area contributed by atoms with Gasteiger partial charge in [-0.2, -0.15) is 13.2 Å². The van der Waals surface area contributed by atoms with Crippen molar-refractivity contribution in [3.8, 4) is 29.7 Å². The summed E-state index contributed by atoms with van der Waals surface area (Å²) >= 11 is 0. The van der Waals surface area contributed by atoms with Crippen molar-refractivity contribution in [2.45, 2.75) is 31.9 Å². The van der Waals surface area contributed by atoms with Gasteiger partial charge < -0.3 is 14.8 Å². The fourth-order valence-corrected chi connectivity index (χ4v) is 5.88. The summed E-state index contributed by atoms with van der Waals surface area (Å²) in [4.78, 5) is 55.8. The number of hydrogen-bond donors (Lipinski definition) is 1. The minimum Gasteiger partial charge on any atom is -0.481 e. The van der Waals surface area contributed by atoms with Crippen LogP contribution in [-0.2, 0) is 20.6 Å². The highest BCUT2D eigenvalue weighted by molar-refractivity contribution is 6.33. The number of hydrogen-bond acceptors (Lipinski definition) is 7. The molecule has 1 aliphatic carbocycles. The number of amides is 4. The van der Waals surface area contributed by atoms with Crippen molar-refractivity contribution in [3.63, 3.8) is 0 Å². The van der Waals surface area contributed by atoms with Crippen molar-refractivity contribution in [2.75, 3.05) is 28.3 Å². The first-order valence-corrected chi connectivity index (χ1v) is 16.1. The van der Waals surface area contributed by atoms with Gasteiger partial charge in [0.15, 0.2) is 12.4 Å². The Morgan fingerprint density at radius 1 is 0.907 bits per heavy atom. The molecule has 0 fully saturated rings. The van der Waals surface area contributed by atoms with Crippen molar-refractivity contribution in [1.82, 2.24) is 4.98 Å². The van der Waals surface area contributed by atoms with Gasteiger partial charge in [-0.05, 0) is 74.2 Å². The Morgan fingerprint density at radius 2 is 1.63 bits per heavy atom. The van der Waals surface area contributed by atoms with E-state index in [1.807, 2.05) is 0 Å². The molecule has 0 bridgehead atoms. The molecule has 0 unspecified atom stereocenters. The average Bonchev–Trinajstić information content (AvgIpc) is 3.39. The van der Waals surface area contributed by atoms with Crippen molar-refractivity contribution in [1.29, 1.82) is 0 Å². The number of carbonyl (C=O) groups is 4. The summed E-state index contributed by atoms with van der Waals surface area (Å²) in [6.07, 6.45) is 4.72. The molecule has 0 radical (unpaired) electrons. The first kappa shape index (κ1) is 37.1. The van der Waals surface area contributed by atoms with Crippen molar-refractivity contribution < 1.29 is 55.0 Å². The van der Waals surface area contributed by atoms with E-state index in [1.165, 1.54) is 35.4 Å². The second-order valence-corrected chi connectivity index (χ2v) is 11.9. The number of fused-ring (bicyclic) bond motifs is 1. The predicted octanol–water partition coefficient (Wildman–Crippen LogP) is 7.35. The number of benzene rings is 3. The van der Waals surface area contributed by atoms with Crippen LogP contribution in [0.25, 0.3) is 0 Å². The molecule has 0 saturated heterocycles. The smallest absolute Gasteiger partial charge is 0.416 e. The van der Waals surface area contributed by atoms with E-state index >= 15 is 0 Å². The van der Waals surface area contributed by atoms with Gasteiger partial charge in [-0.1, -0.05) is 12.0 Å². The van der Waals surface area contributed by atoms with Crippen LogP contribution >= 0.6 is 0 Å². The van der Waals surface area contributed by atoms with Gasteiger partial charge in [-0.3, -0.25) is 24.1 Å². The summed E-state index contributed by atoms with van der Waals surface area (Å²) in [5.41, 5.74) is -0.365. The Morgan fingerprint density at radius 3 is 2.30 bits per heavy atom. The summed E-state index contributed by atoms with van der Waals surface area (Å²) < 4.78 is 90.4.